The standard InChI is InChI=1S/C14H20FN/c1-3-11-9-16-7-6-14(11)13-5-4-12(15)8-10(13)2/h4-5,8,11,14,16H,3,6-7,9H2,1-2H3. The highest BCUT2D eigenvalue weighted by Crippen LogP contribution is 2.34. The van der Waals surface area contributed by atoms with Gasteiger partial charge in [0.1, 0.15) is 5.82 Å². The van der Waals surface area contributed by atoms with Crippen LogP contribution in [-0.4, -0.2) is 13.1 Å². The zero-order valence-corrected chi connectivity index (χ0v) is 10.1. The molecule has 0 spiro atoms. The van der Waals surface area contributed by atoms with Gasteiger partial charge in [-0.3, -0.25) is 0 Å². The maximum absolute atomic E-state index is 13.1. The van der Waals surface area contributed by atoms with Gasteiger partial charge in [0.25, 0.3) is 0 Å². The van der Waals surface area contributed by atoms with E-state index in [-0.39, 0.29) is 5.82 Å². The predicted octanol–water partition coefficient (Wildman–Crippen LogP) is 3.24. The highest BCUT2D eigenvalue weighted by Gasteiger charge is 2.25. The zero-order chi connectivity index (χ0) is 11.5. The molecule has 1 aliphatic heterocycles. The van der Waals surface area contributed by atoms with E-state index in [2.05, 4.69) is 12.2 Å². The molecule has 1 aromatic carbocycles. The van der Waals surface area contributed by atoms with Crippen LogP contribution in [0.2, 0.25) is 0 Å². The summed E-state index contributed by atoms with van der Waals surface area (Å²) in [5.41, 5.74) is 2.44. The molecular weight excluding hydrogens is 201 g/mol. The molecule has 16 heavy (non-hydrogen) atoms. The summed E-state index contributed by atoms with van der Waals surface area (Å²) < 4.78 is 13.1. The van der Waals surface area contributed by atoms with Crippen molar-refractivity contribution in [1.29, 1.82) is 0 Å². The number of piperidine rings is 1. The molecule has 1 aliphatic rings. The summed E-state index contributed by atoms with van der Waals surface area (Å²) in [6.07, 6.45) is 2.36. The Morgan fingerprint density at radius 2 is 2.25 bits per heavy atom. The third-order valence-corrected chi connectivity index (χ3v) is 3.76. The molecule has 1 aromatic rings. The molecule has 0 bridgehead atoms. The van der Waals surface area contributed by atoms with E-state index >= 15 is 0 Å². The lowest BCUT2D eigenvalue weighted by atomic mass is 9.78. The smallest absolute Gasteiger partial charge is 0.123 e. The molecule has 1 N–H and O–H groups in total. The van der Waals surface area contributed by atoms with Gasteiger partial charge in [0.05, 0.1) is 0 Å². The first-order valence-electron chi connectivity index (χ1n) is 6.19. The fraction of sp³-hybridized carbons (Fsp3) is 0.571. The van der Waals surface area contributed by atoms with Gasteiger partial charge in [0.2, 0.25) is 0 Å². The number of aryl methyl sites for hydroxylation is 1. The minimum absolute atomic E-state index is 0.122. The van der Waals surface area contributed by atoms with E-state index in [1.54, 1.807) is 12.1 Å². The summed E-state index contributed by atoms with van der Waals surface area (Å²) in [4.78, 5) is 0. The molecule has 0 saturated carbocycles. The minimum atomic E-state index is -0.122. The van der Waals surface area contributed by atoms with Crippen LogP contribution < -0.4 is 5.32 Å². The number of rotatable bonds is 2. The van der Waals surface area contributed by atoms with Gasteiger partial charge >= 0.3 is 0 Å². The van der Waals surface area contributed by atoms with E-state index in [1.807, 2.05) is 13.0 Å². The van der Waals surface area contributed by atoms with Gasteiger partial charge in [-0.1, -0.05) is 19.4 Å². The minimum Gasteiger partial charge on any atom is -0.316 e. The van der Waals surface area contributed by atoms with Crippen LogP contribution in [0.25, 0.3) is 0 Å². The normalized spacial score (nSPS) is 25.7. The van der Waals surface area contributed by atoms with Crippen LogP contribution in [0.1, 0.15) is 36.8 Å². The largest absolute Gasteiger partial charge is 0.316 e. The number of benzene rings is 1. The summed E-state index contributed by atoms with van der Waals surface area (Å²) in [6, 6.07) is 5.23. The fourth-order valence-electron chi connectivity index (χ4n) is 2.82. The number of halogens is 1. The Bertz CT molecular complexity index is 362. The van der Waals surface area contributed by atoms with Gasteiger partial charge in [0.15, 0.2) is 0 Å². The van der Waals surface area contributed by atoms with E-state index in [1.165, 1.54) is 18.4 Å². The van der Waals surface area contributed by atoms with E-state index in [0.29, 0.717) is 11.8 Å². The monoisotopic (exact) mass is 221 g/mol. The number of hydrogen-bond donors (Lipinski definition) is 1. The van der Waals surface area contributed by atoms with Gasteiger partial charge in [0, 0.05) is 0 Å². The van der Waals surface area contributed by atoms with Gasteiger partial charge in [-0.2, -0.15) is 0 Å². The third-order valence-electron chi connectivity index (χ3n) is 3.76. The zero-order valence-electron chi connectivity index (χ0n) is 10.1. The van der Waals surface area contributed by atoms with Crippen molar-refractivity contribution in [3.05, 3.63) is 35.1 Å². The molecule has 88 valence electrons. The Balaban J connectivity index is 2.27. The topological polar surface area (TPSA) is 12.0 Å². The second kappa shape index (κ2) is 4.96. The molecule has 0 amide bonds. The molecule has 1 nitrogen and oxygen atoms in total. The lowest BCUT2D eigenvalue weighted by Crippen LogP contribution is -2.35. The summed E-state index contributed by atoms with van der Waals surface area (Å²) in [5, 5.41) is 3.44. The average molecular weight is 221 g/mol. The van der Waals surface area contributed by atoms with Crippen molar-refractivity contribution in [1.82, 2.24) is 5.32 Å². The molecule has 2 unspecified atom stereocenters. The maximum atomic E-state index is 13.1. The molecule has 2 rings (SSSR count). The van der Waals surface area contributed by atoms with Crippen LogP contribution in [0.15, 0.2) is 18.2 Å². The van der Waals surface area contributed by atoms with Crippen LogP contribution in [0.3, 0.4) is 0 Å². The lowest BCUT2D eigenvalue weighted by molar-refractivity contribution is 0.317. The van der Waals surface area contributed by atoms with Crippen molar-refractivity contribution in [2.24, 2.45) is 5.92 Å². The first-order chi connectivity index (χ1) is 7.72. The van der Waals surface area contributed by atoms with Gasteiger partial charge in [-0.25, -0.2) is 4.39 Å². The van der Waals surface area contributed by atoms with Crippen molar-refractivity contribution >= 4 is 0 Å². The Morgan fingerprint density at radius 1 is 1.44 bits per heavy atom. The Kier molecular flexibility index (Phi) is 3.59. The Hall–Kier alpha value is -0.890. The fourth-order valence-corrected chi connectivity index (χ4v) is 2.82. The molecule has 1 heterocycles. The number of hydrogen-bond acceptors (Lipinski definition) is 1. The molecule has 0 aliphatic carbocycles. The van der Waals surface area contributed by atoms with Crippen LogP contribution in [0, 0.1) is 18.7 Å². The first kappa shape index (κ1) is 11.6. The SMILES string of the molecule is CCC1CNCCC1c1ccc(F)cc1C. The van der Waals surface area contributed by atoms with Crippen molar-refractivity contribution in [2.75, 3.05) is 13.1 Å². The quantitative estimate of drug-likeness (QED) is 0.808. The highest BCUT2D eigenvalue weighted by atomic mass is 19.1. The molecule has 1 fully saturated rings. The highest BCUT2D eigenvalue weighted by molar-refractivity contribution is 5.31. The Labute approximate surface area is 97.1 Å². The molecule has 0 aromatic heterocycles. The van der Waals surface area contributed by atoms with Crippen LogP contribution in [0.4, 0.5) is 4.39 Å². The summed E-state index contributed by atoms with van der Waals surface area (Å²) in [5.74, 6) is 1.17. The molecule has 0 radical (unpaired) electrons. The molecular formula is C14H20FN. The Morgan fingerprint density at radius 3 is 2.94 bits per heavy atom. The van der Waals surface area contributed by atoms with E-state index in [4.69, 9.17) is 0 Å². The summed E-state index contributed by atoms with van der Waals surface area (Å²) in [6.45, 7) is 6.44. The van der Waals surface area contributed by atoms with E-state index < -0.39 is 0 Å². The maximum Gasteiger partial charge on any atom is 0.123 e. The second-order valence-electron chi connectivity index (χ2n) is 4.77. The summed E-state index contributed by atoms with van der Waals surface area (Å²) in [7, 11) is 0. The van der Waals surface area contributed by atoms with Crippen molar-refractivity contribution in [2.45, 2.75) is 32.6 Å². The van der Waals surface area contributed by atoms with Crippen molar-refractivity contribution in [3.8, 4) is 0 Å². The van der Waals surface area contributed by atoms with E-state index in [0.717, 1.165) is 18.7 Å². The van der Waals surface area contributed by atoms with Crippen LogP contribution in [-0.2, 0) is 0 Å². The second-order valence-corrected chi connectivity index (χ2v) is 4.77. The first-order valence-corrected chi connectivity index (χ1v) is 6.19. The lowest BCUT2D eigenvalue weighted by Gasteiger charge is -2.32. The van der Waals surface area contributed by atoms with Gasteiger partial charge in [-0.05, 0) is 61.5 Å². The van der Waals surface area contributed by atoms with Gasteiger partial charge < -0.3 is 5.32 Å². The third kappa shape index (κ3) is 2.27. The van der Waals surface area contributed by atoms with Crippen LogP contribution in [0.5, 0.6) is 0 Å². The molecule has 1 saturated heterocycles. The van der Waals surface area contributed by atoms with Gasteiger partial charge in [-0.15, -0.1) is 0 Å². The molecule has 2 heteroatoms. The summed E-state index contributed by atoms with van der Waals surface area (Å²) >= 11 is 0. The number of nitrogens with one attached hydrogen (secondary N) is 1. The average Bonchev–Trinajstić information content (AvgIpc) is 2.29. The van der Waals surface area contributed by atoms with Crippen molar-refractivity contribution < 1.29 is 4.39 Å². The van der Waals surface area contributed by atoms with Crippen molar-refractivity contribution in [3.63, 3.8) is 0 Å². The van der Waals surface area contributed by atoms with Crippen LogP contribution >= 0.6 is 0 Å². The molecule has 2 atom stereocenters. The van der Waals surface area contributed by atoms with E-state index in [9.17, 15) is 4.39 Å². The predicted molar refractivity (Wildman–Crippen MR) is 65.1 cm³/mol.